The van der Waals surface area contributed by atoms with Gasteiger partial charge in [0.2, 0.25) is 10.0 Å². The summed E-state index contributed by atoms with van der Waals surface area (Å²) in [4.78, 5) is 12.0. The van der Waals surface area contributed by atoms with Crippen LogP contribution in [-0.2, 0) is 14.8 Å². The molecule has 1 amide bonds. The van der Waals surface area contributed by atoms with Crippen LogP contribution in [0.3, 0.4) is 0 Å². The predicted octanol–water partition coefficient (Wildman–Crippen LogP) is 3.41. The smallest absolute Gasteiger partial charge is 0.258 e. The molecule has 28 heavy (non-hydrogen) atoms. The highest BCUT2D eigenvalue weighted by Gasteiger charge is 2.18. The summed E-state index contributed by atoms with van der Waals surface area (Å²) in [7, 11) is -3.66. The highest BCUT2D eigenvalue weighted by molar-refractivity contribution is 7.89. The van der Waals surface area contributed by atoms with Crippen molar-refractivity contribution in [3.05, 3.63) is 60.2 Å². The van der Waals surface area contributed by atoms with Gasteiger partial charge in [0, 0.05) is 12.1 Å². The molecular weight excluding hydrogens is 376 g/mol. The molecule has 2 rings (SSSR count). The van der Waals surface area contributed by atoms with Crippen LogP contribution in [0.25, 0.3) is 0 Å². The van der Waals surface area contributed by atoms with Gasteiger partial charge in [-0.25, -0.2) is 13.1 Å². The van der Waals surface area contributed by atoms with E-state index < -0.39 is 10.0 Å². The molecule has 0 aliphatic carbocycles. The number of carbonyl (C=O) groups excluding carboxylic acids is 1. The Labute approximate surface area is 167 Å². The Bertz CT molecular complexity index is 852. The zero-order valence-electron chi connectivity index (χ0n) is 16.5. The fourth-order valence-corrected chi connectivity index (χ4v) is 4.03. The van der Waals surface area contributed by atoms with E-state index in [1.165, 1.54) is 12.1 Å². The van der Waals surface area contributed by atoms with Crippen LogP contribution in [0.2, 0.25) is 0 Å². The molecule has 0 radical (unpaired) electrons. The van der Waals surface area contributed by atoms with Gasteiger partial charge in [-0.15, -0.1) is 0 Å². The summed E-state index contributed by atoms with van der Waals surface area (Å²) in [6.07, 6.45) is 1.90. The molecule has 6 nitrogen and oxygen atoms in total. The van der Waals surface area contributed by atoms with Gasteiger partial charge >= 0.3 is 0 Å². The van der Waals surface area contributed by atoms with E-state index in [-0.39, 0.29) is 29.5 Å². The second-order valence-corrected chi connectivity index (χ2v) is 8.48. The Balaban J connectivity index is 1.93. The molecular formula is C21H28N2O4S. The lowest BCUT2D eigenvalue weighted by molar-refractivity contribution is -0.123. The van der Waals surface area contributed by atoms with Gasteiger partial charge in [-0.05, 0) is 50.1 Å². The van der Waals surface area contributed by atoms with Crippen molar-refractivity contribution in [1.82, 2.24) is 10.0 Å². The molecule has 0 heterocycles. The minimum absolute atomic E-state index is 0.103. The number of hydrogen-bond donors (Lipinski definition) is 2. The van der Waals surface area contributed by atoms with Crippen LogP contribution in [0.5, 0.6) is 5.75 Å². The Morgan fingerprint density at radius 2 is 1.68 bits per heavy atom. The van der Waals surface area contributed by atoms with Crippen LogP contribution in [0.4, 0.5) is 0 Å². The third-order valence-corrected chi connectivity index (χ3v) is 5.82. The van der Waals surface area contributed by atoms with E-state index >= 15 is 0 Å². The number of sulfonamides is 1. The minimum Gasteiger partial charge on any atom is -0.484 e. The third kappa shape index (κ3) is 6.65. The van der Waals surface area contributed by atoms with Gasteiger partial charge in [-0.3, -0.25) is 4.79 Å². The second-order valence-electron chi connectivity index (χ2n) is 6.77. The van der Waals surface area contributed by atoms with Gasteiger partial charge in [0.05, 0.1) is 4.90 Å². The summed E-state index contributed by atoms with van der Waals surface area (Å²) in [6, 6.07) is 15.1. The molecule has 0 aromatic heterocycles. The van der Waals surface area contributed by atoms with E-state index in [1.807, 2.05) is 37.3 Å². The van der Waals surface area contributed by atoms with Crippen LogP contribution in [-0.4, -0.2) is 27.0 Å². The number of nitrogens with one attached hydrogen (secondary N) is 2. The first kappa shape index (κ1) is 21.9. The fourth-order valence-electron chi connectivity index (χ4n) is 2.80. The Kier molecular flexibility index (Phi) is 8.02. The van der Waals surface area contributed by atoms with Crippen molar-refractivity contribution in [3.8, 4) is 5.75 Å². The number of rotatable bonds is 10. The van der Waals surface area contributed by atoms with Crippen LogP contribution < -0.4 is 14.8 Å². The Hall–Kier alpha value is -2.38. The minimum atomic E-state index is -3.66. The average Bonchev–Trinajstić information content (AvgIpc) is 2.67. The number of ether oxygens (including phenoxy) is 1. The fraction of sp³-hybridized carbons (Fsp3) is 0.381. The molecule has 2 aromatic rings. The van der Waals surface area contributed by atoms with Gasteiger partial charge < -0.3 is 10.1 Å². The molecule has 2 aromatic carbocycles. The topological polar surface area (TPSA) is 84.5 Å². The SMILES string of the molecule is CCC[C@@H](C)NC(=O)COc1ccc(S(=O)(=O)N[C@H](C)c2ccccc2)cc1. The van der Waals surface area contributed by atoms with Crippen LogP contribution in [0.1, 0.15) is 45.2 Å². The van der Waals surface area contributed by atoms with Crippen molar-refractivity contribution in [3.63, 3.8) is 0 Å². The summed E-state index contributed by atoms with van der Waals surface area (Å²) in [6.45, 7) is 5.70. The zero-order valence-corrected chi connectivity index (χ0v) is 17.3. The Morgan fingerprint density at radius 3 is 2.29 bits per heavy atom. The van der Waals surface area contributed by atoms with Gasteiger partial charge in [0.1, 0.15) is 5.75 Å². The van der Waals surface area contributed by atoms with E-state index in [0.717, 1.165) is 18.4 Å². The highest BCUT2D eigenvalue weighted by Crippen LogP contribution is 2.19. The quantitative estimate of drug-likeness (QED) is 0.636. The zero-order chi connectivity index (χ0) is 20.6. The number of amides is 1. The summed E-state index contributed by atoms with van der Waals surface area (Å²) in [5, 5.41) is 2.85. The van der Waals surface area contributed by atoms with Gasteiger partial charge in [-0.2, -0.15) is 0 Å². The van der Waals surface area contributed by atoms with E-state index in [2.05, 4.69) is 17.0 Å². The highest BCUT2D eigenvalue weighted by atomic mass is 32.2. The van der Waals surface area contributed by atoms with Gasteiger partial charge in [0.15, 0.2) is 6.61 Å². The normalized spacial score (nSPS) is 13.5. The molecule has 0 fully saturated rings. The molecule has 0 saturated heterocycles. The van der Waals surface area contributed by atoms with Crippen molar-refractivity contribution in [2.45, 2.75) is 50.6 Å². The molecule has 0 aliphatic heterocycles. The molecule has 7 heteroatoms. The lowest BCUT2D eigenvalue weighted by Crippen LogP contribution is -2.35. The maximum atomic E-state index is 12.6. The van der Waals surface area contributed by atoms with Crippen molar-refractivity contribution >= 4 is 15.9 Å². The second kappa shape index (κ2) is 10.2. The van der Waals surface area contributed by atoms with Crippen molar-refractivity contribution < 1.29 is 17.9 Å². The first-order valence-electron chi connectivity index (χ1n) is 9.41. The van der Waals surface area contributed by atoms with Crippen LogP contribution >= 0.6 is 0 Å². The summed E-state index contributed by atoms with van der Waals surface area (Å²) in [5.41, 5.74) is 0.884. The summed E-state index contributed by atoms with van der Waals surface area (Å²) < 4.78 is 33.2. The van der Waals surface area contributed by atoms with Crippen molar-refractivity contribution in [2.24, 2.45) is 0 Å². The lowest BCUT2D eigenvalue weighted by Gasteiger charge is -2.15. The molecule has 0 spiro atoms. The molecule has 152 valence electrons. The molecule has 0 unspecified atom stereocenters. The van der Waals surface area contributed by atoms with E-state index in [1.54, 1.807) is 19.1 Å². The number of benzene rings is 2. The standard InChI is InChI=1S/C21H28N2O4S/c1-4-8-16(2)22-21(24)15-27-19-11-13-20(14-12-19)28(25,26)23-17(3)18-9-6-5-7-10-18/h5-7,9-14,16-17,23H,4,8,15H2,1-3H3,(H,22,24)/t16-,17-/m1/s1. The van der Waals surface area contributed by atoms with Crippen LogP contribution in [0, 0.1) is 0 Å². The first-order chi connectivity index (χ1) is 13.3. The van der Waals surface area contributed by atoms with Crippen LogP contribution in [0.15, 0.2) is 59.5 Å². The first-order valence-corrected chi connectivity index (χ1v) is 10.9. The maximum absolute atomic E-state index is 12.6. The Morgan fingerprint density at radius 1 is 1.04 bits per heavy atom. The molecule has 2 N–H and O–H groups in total. The van der Waals surface area contributed by atoms with Gasteiger partial charge in [-0.1, -0.05) is 43.7 Å². The predicted molar refractivity (Wildman–Crippen MR) is 110 cm³/mol. The van der Waals surface area contributed by atoms with E-state index in [0.29, 0.717) is 5.75 Å². The number of carbonyl (C=O) groups is 1. The molecule has 2 atom stereocenters. The van der Waals surface area contributed by atoms with E-state index in [4.69, 9.17) is 4.74 Å². The summed E-state index contributed by atoms with van der Waals surface area (Å²) >= 11 is 0. The van der Waals surface area contributed by atoms with Crippen molar-refractivity contribution in [2.75, 3.05) is 6.61 Å². The van der Waals surface area contributed by atoms with Gasteiger partial charge in [0.25, 0.3) is 5.91 Å². The maximum Gasteiger partial charge on any atom is 0.258 e. The monoisotopic (exact) mass is 404 g/mol. The van der Waals surface area contributed by atoms with Crippen molar-refractivity contribution in [1.29, 1.82) is 0 Å². The molecule has 0 aliphatic rings. The lowest BCUT2D eigenvalue weighted by atomic mass is 10.1. The molecule has 0 saturated carbocycles. The number of hydrogen-bond acceptors (Lipinski definition) is 4. The average molecular weight is 405 g/mol. The molecule has 0 bridgehead atoms. The summed E-state index contributed by atoms with van der Waals surface area (Å²) in [5.74, 6) is 0.240. The third-order valence-electron chi connectivity index (χ3n) is 4.26. The van der Waals surface area contributed by atoms with E-state index in [9.17, 15) is 13.2 Å². The largest absolute Gasteiger partial charge is 0.484 e.